The molecule has 0 atom stereocenters. The first-order valence-corrected chi connectivity index (χ1v) is 4.46. The molecule has 12 heavy (non-hydrogen) atoms. The maximum atomic E-state index is 9.04. The van der Waals surface area contributed by atoms with Gasteiger partial charge >= 0.3 is 0 Å². The van der Waals surface area contributed by atoms with Gasteiger partial charge in [0.15, 0.2) is 0 Å². The number of unbranched alkanes of at least 4 members (excludes halogenated alkanes) is 1. The molecule has 0 saturated carbocycles. The number of hydrogen-bond acceptors (Lipinski definition) is 2. The number of rotatable bonds is 6. The van der Waals surface area contributed by atoms with Crippen LogP contribution in [0, 0.1) is 5.41 Å². The fourth-order valence-corrected chi connectivity index (χ4v) is 1.16. The standard InChI is InChI=1S/C9H20O2.Ti/c1-3-5-6-9(4-2,7-10)8-11;/h10-11H,3-8H2,1-2H3;. The molecule has 0 aromatic carbocycles. The molecule has 0 amide bonds. The van der Waals surface area contributed by atoms with Gasteiger partial charge in [-0.25, -0.2) is 0 Å². The van der Waals surface area contributed by atoms with Crippen LogP contribution in [-0.4, -0.2) is 23.4 Å². The van der Waals surface area contributed by atoms with Gasteiger partial charge in [-0.05, 0) is 12.8 Å². The van der Waals surface area contributed by atoms with Crippen molar-refractivity contribution in [3.05, 3.63) is 0 Å². The molecule has 0 saturated heterocycles. The third kappa shape index (κ3) is 4.61. The Morgan fingerprint density at radius 1 is 1.08 bits per heavy atom. The molecule has 0 aliphatic heterocycles. The van der Waals surface area contributed by atoms with Gasteiger partial charge in [0.2, 0.25) is 0 Å². The second kappa shape index (κ2) is 8.24. The largest absolute Gasteiger partial charge is 0.396 e. The molecule has 2 N–H and O–H groups in total. The first-order valence-electron chi connectivity index (χ1n) is 4.46. The van der Waals surface area contributed by atoms with Crippen molar-refractivity contribution in [1.29, 1.82) is 0 Å². The van der Waals surface area contributed by atoms with E-state index in [0.717, 1.165) is 25.7 Å². The fraction of sp³-hybridized carbons (Fsp3) is 1.00. The van der Waals surface area contributed by atoms with E-state index >= 15 is 0 Å². The van der Waals surface area contributed by atoms with Gasteiger partial charge in [-0.15, -0.1) is 0 Å². The third-order valence-electron chi connectivity index (χ3n) is 2.48. The smallest absolute Gasteiger partial charge is 0.0509 e. The van der Waals surface area contributed by atoms with Crippen LogP contribution in [0.2, 0.25) is 0 Å². The maximum absolute atomic E-state index is 9.04. The predicted octanol–water partition coefficient (Wildman–Crippen LogP) is 1.56. The van der Waals surface area contributed by atoms with Crippen LogP contribution in [0.15, 0.2) is 0 Å². The molecule has 0 radical (unpaired) electrons. The summed E-state index contributed by atoms with van der Waals surface area (Å²) in [6.45, 7) is 4.36. The SMILES string of the molecule is CCCCC(CC)(CO)CO.[Ti]. The summed E-state index contributed by atoms with van der Waals surface area (Å²) in [4.78, 5) is 0. The van der Waals surface area contributed by atoms with Crippen molar-refractivity contribution in [1.82, 2.24) is 0 Å². The molecule has 0 aromatic heterocycles. The Morgan fingerprint density at radius 3 is 1.83 bits per heavy atom. The van der Waals surface area contributed by atoms with E-state index in [4.69, 9.17) is 10.2 Å². The molecular weight excluding hydrogens is 188 g/mol. The quantitative estimate of drug-likeness (QED) is 0.650. The zero-order valence-electron chi connectivity index (χ0n) is 8.14. The van der Waals surface area contributed by atoms with E-state index in [9.17, 15) is 0 Å². The molecular formula is C9H20O2Ti. The van der Waals surface area contributed by atoms with E-state index in [1.165, 1.54) is 0 Å². The zero-order chi connectivity index (χ0) is 8.74. The van der Waals surface area contributed by atoms with Crippen molar-refractivity contribution in [2.45, 2.75) is 39.5 Å². The van der Waals surface area contributed by atoms with Crippen molar-refractivity contribution in [3.8, 4) is 0 Å². The Bertz CT molecular complexity index is 84.3. The average molecular weight is 208 g/mol. The zero-order valence-corrected chi connectivity index (χ0v) is 9.70. The third-order valence-corrected chi connectivity index (χ3v) is 2.48. The summed E-state index contributed by atoms with van der Waals surface area (Å²) in [6, 6.07) is 0. The molecule has 0 aliphatic carbocycles. The van der Waals surface area contributed by atoms with Gasteiger partial charge in [0.05, 0.1) is 13.2 Å². The Kier molecular flexibility index (Phi) is 10.4. The monoisotopic (exact) mass is 208 g/mol. The van der Waals surface area contributed by atoms with Gasteiger partial charge < -0.3 is 10.2 Å². The number of hydrogen-bond donors (Lipinski definition) is 2. The van der Waals surface area contributed by atoms with Crippen LogP contribution < -0.4 is 0 Å². The molecule has 72 valence electrons. The summed E-state index contributed by atoms with van der Waals surface area (Å²) in [5.41, 5.74) is -0.212. The minimum absolute atomic E-state index is 0. The second-order valence-corrected chi connectivity index (χ2v) is 3.27. The van der Waals surface area contributed by atoms with Gasteiger partial charge in [-0.2, -0.15) is 0 Å². The number of aliphatic hydroxyl groups is 2. The molecule has 0 spiro atoms. The van der Waals surface area contributed by atoms with Gasteiger partial charge in [0.25, 0.3) is 0 Å². The molecule has 3 heteroatoms. The van der Waals surface area contributed by atoms with Crippen LogP contribution in [0.4, 0.5) is 0 Å². The van der Waals surface area contributed by atoms with Crippen LogP contribution in [0.5, 0.6) is 0 Å². The minimum Gasteiger partial charge on any atom is -0.396 e. The molecule has 0 heterocycles. The first kappa shape index (κ1) is 15.1. The van der Waals surface area contributed by atoms with Crippen molar-refractivity contribution in [2.24, 2.45) is 5.41 Å². The van der Waals surface area contributed by atoms with Crippen LogP contribution in [0.3, 0.4) is 0 Å². The Balaban J connectivity index is 0. The Labute approximate surface area is 90.3 Å². The van der Waals surface area contributed by atoms with Gasteiger partial charge in [0, 0.05) is 27.1 Å². The maximum Gasteiger partial charge on any atom is 0.0509 e. The van der Waals surface area contributed by atoms with Crippen molar-refractivity contribution in [3.63, 3.8) is 0 Å². The molecule has 2 nitrogen and oxygen atoms in total. The summed E-state index contributed by atoms with van der Waals surface area (Å²) in [6.07, 6.45) is 4.02. The normalized spacial score (nSPS) is 11.0. The molecule has 0 rings (SSSR count). The molecule has 0 aromatic rings. The summed E-state index contributed by atoms with van der Waals surface area (Å²) in [5.74, 6) is 0. The molecule has 0 fully saturated rings. The van der Waals surface area contributed by atoms with Gasteiger partial charge in [-0.3, -0.25) is 0 Å². The van der Waals surface area contributed by atoms with Gasteiger partial charge in [-0.1, -0.05) is 26.7 Å². The van der Waals surface area contributed by atoms with Crippen LogP contribution >= 0.6 is 0 Å². The summed E-state index contributed by atoms with van der Waals surface area (Å²) < 4.78 is 0. The summed E-state index contributed by atoms with van der Waals surface area (Å²) in [7, 11) is 0. The summed E-state index contributed by atoms with van der Waals surface area (Å²) >= 11 is 0. The average Bonchev–Trinajstić information content (AvgIpc) is 2.08. The molecule has 0 aliphatic rings. The molecule has 0 unspecified atom stereocenters. The second-order valence-electron chi connectivity index (χ2n) is 3.27. The van der Waals surface area contributed by atoms with Crippen LogP contribution in [-0.2, 0) is 21.7 Å². The van der Waals surface area contributed by atoms with Gasteiger partial charge in [0.1, 0.15) is 0 Å². The first-order chi connectivity index (χ1) is 5.24. The fourth-order valence-electron chi connectivity index (χ4n) is 1.16. The van der Waals surface area contributed by atoms with E-state index in [-0.39, 0.29) is 40.3 Å². The topological polar surface area (TPSA) is 40.5 Å². The summed E-state index contributed by atoms with van der Waals surface area (Å²) in [5, 5.41) is 18.1. The van der Waals surface area contributed by atoms with Crippen LogP contribution in [0.25, 0.3) is 0 Å². The molecule has 0 bridgehead atoms. The minimum atomic E-state index is -0.212. The van der Waals surface area contributed by atoms with Crippen LogP contribution in [0.1, 0.15) is 39.5 Å². The van der Waals surface area contributed by atoms with E-state index in [0.29, 0.717) is 0 Å². The van der Waals surface area contributed by atoms with E-state index in [1.54, 1.807) is 0 Å². The Morgan fingerprint density at radius 2 is 1.58 bits per heavy atom. The van der Waals surface area contributed by atoms with Crippen molar-refractivity contribution in [2.75, 3.05) is 13.2 Å². The number of aliphatic hydroxyl groups excluding tert-OH is 2. The van der Waals surface area contributed by atoms with Crippen molar-refractivity contribution >= 4 is 0 Å². The van der Waals surface area contributed by atoms with E-state index < -0.39 is 0 Å². The van der Waals surface area contributed by atoms with Crippen molar-refractivity contribution < 1.29 is 31.9 Å². The van der Waals surface area contributed by atoms with E-state index in [2.05, 4.69) is 6.92 Å². The predicted molar refractivity (Wildman–Crippen MR) is 46.4 cm³/mol. The Hall–Kier alpha value is 0.634. The van der Waals surface area contributed by atoms with E-state index in [1.807, 2.05) is 6.92 Å².